The number of nitrogens with one attached hydrogen (secondary N) is 1. The number of hydrogen-bond acceptors (Lipinski definition) is 3. The molecule has 1 unspecified atom stereocenters. The highest BCUT2D eigenvalue weighted by Crippen LogP contribution is 2.09. The fraction of sp³-hybridized carbons (Fsp3) is 0.889. The zero-order valence-corrected chi connectivity index (χ0v) is 8.63. The summed E-state index contributed by atoms with van der Waals surface area (Å²) in [6.45, 7) is 5.57. The third-order valence-corrected chi connectivity index (χ3v) is 1.85. The van der Waals surface area contributed by atoms with Crippen LogP contribution in [-0.2, 0) is 4.79 Å². The second-order valence-corrected chi connectivity index (χ2v) is 3.75. The van der Waals surface area contributed by atoms with E-state index < -0.39 is 11.6 Å². The van der Waals surface area contributed by atoms with E-state index in [1.807, 2.05) is 6.92 Å². The van der Waals surface area contributed by atoms with Gasteiger partial charge in [-0.25, -0.2) is 0 Å². The predicted octanol–water partition coefficient (Wildman–Crippen LogP) is 0.000900. The summed E-state index contributed by atoms with van der Waals surface area (Å²) in [6.07, 6.45) is 1.56. The van der Waals surface area contributed by atoms with Gasteiger partial charge in [-0.05, 0) is 20.3 Å². The Morgan fingerprint density at radius 1 is 1.69 bits per heavy atom. The first-order valence-electron chi connectivity index (χ1n) is 4.64. The molecule has 78 valence electrons. The van der Waals surface area contributed by atoms with Crippen molar-refractivity contribution in [3.05, 3.63) is 0 Å². The summed E-state index contributed by atoms with van der Waals surface area (Å²) >= 11 is 0. The Kier molecular flexibility index (Phi) is 4.95. The average Bonchev–Trinajstić information content (AvgIpc) is 2.00. The summed E-state index contributed by atoms with van der Waals surface area (Å²) in [7, 11) is 0. The van der Waals surface area contributed by atoms with Crippen molar-refractivity contribution >= 4 is 5.91 Å². The molecule has 0 aromatic heterocycles. The van der Waals surface area contributed by atoms with Crippen LogP contribution in [0.4, 0.5) is 0 Å². The molecule has 0 bridgehead atoms. The van der Waals surface area contributed by atoms with Crippen molar-refractivity contribution in [2.75, 3.05) is 6.54 Å². The first-order chi connectivity index (χ1) is 5.89. The molecule has 0 aromatic rings. The van der Waals surface area contributed by atoms with Gasteiger partial charge in [0.25, 0.3) is 0 Å². The highest BCUT2D eigenvalue weighted by Gasteiger charge is 2.20. The van der Waals surface area contributed by atoms with E-state index in [0.717, 1.165) is 6.42 Å². The van der Waals surface area contributed by atoms with E-state index in [4.69, 9.17) is 5.73 Å². The monoisotopic (exact) mass is 188 g/mol. The molecule has 0 saturated carbocycles. The van der Waals surface area contributed by atoms with Gasteiger partial charge in [-0.2, -0.15) is 0 Å². The second kappa shape index (κ2) is 5.19. The van der Waals surface area contributed by atoms with Crippen molar-refractivity contribution < 1.29 is 9.90 Å². The lowest BCUT2D eigenvalue weighted by atomic mass is 10.0. The number of nitrogens with two attached hydrogens (primary N) is 1. The fourth-order valence-electron chi connectivity index (χ4n) is 1.07. The van der Waals surface area contributed by atoms with Gasteiger partial charge in [0.15, 0.2) is 0 Å². The standard InChI is InChI=1S/C9H20N2O2/c1-4-5-9(3,13)6-11-8(12)7(2)10/h7,13H,4-6,10H2,1-3H3,(H,11,12)/t7-,9?/m1/s1. The Morgan fingerprint density at radius 3 is 2.62 bits per heavy atom. The summed E-state index contributed by atoms with van der Waals surface area (Å²) in [5.41, 5.74) is 4.53. The van der Waals surface area contributed by atoms with Crippen LogP contribution >= 0.6 is 0 Å². The maximum atomic E-state index is 11.0. The smallest absolute Gasteiger partial charge is 0.236 e. The van der Waals surface area contributed by atoms with E-state index in [-0.39, 0.29) is 12.5 Å². The van der Waals surface area contributed by atoms with Crippen molar-refractivity contribution in [2.45, 2.75) is 45.3 Å². The summed E-state index contributed by atoms with van der Waals surface area (Å²) in [5.74, 6) is -0.226. The molecule has 4 N–H and O–H groups in total. The van der Waals surface area contributed by atoms with E-state index in [9.17, 15) is 9.90 Å². The molecule has 4 heteroatoms. The first kappa shape index (κ1) is 12.4. The minimum absolute atomic E-state index is 0.226. The number of carbonyl (C=O) groups excluding carboxylic acids is 1. The van der Waals surface area contributed by atoms with Crippen molar-refractivity contribution in [3.8, 4) is 0 Å². The van der Waals surface area contributed by atoms with E-state index in [2.05, 4.69) is 5.32 Å². The van der Waals surface area contributed by atoms with E-state index >= 15 is 0 Å². The summed E-state index contributed by atoms with van der Waals surface area (Å²) in [4.78, 5) is 11.0. The highest BCUT2D eigenvalue weighted by molar-refractivity contribution is 5.80. The van der Waals surface area contributed by atoms with Crippen LogP contribution in [-0.4, -0.2) is 29.2 Å². The van der Waals surface area contributed by atoms with Gasteiger partial charge in [0.05, 0.1) is 11.6 Å². The molecular formula is C9H20N2O2. The maximum absolute atomic E-state index is 11.0. The second-order valence-electron chi connectivity index (χ2n) is 3.75. The molecule has 0 fully saturated rings. The quantitative estimate of drug-likeness (QED) is 0.568. The Bertz CT molecular complexity index is 167. The van der Waals surface area contributed by atoms with Crippen molar-refractivity contribution in [1.29, 1.82) is 0 Å². The normalized spacial score (nSPS) is 17.6. The number of amides is 1. The average molecular weight is 188 g/mol. The molecule has 13 heavy (non-hydrogen) atoms. The molecule has 1 amide bonds. The van der Waals surface area contributed by atoms with Crippen molar-refractivity contribution in [2.24, 2.45) is 5.73 Å². The van der Waals surface area contributed by atoms with Crippen LogP contribution in [0.2, 0.25) is 0 Å². The zero-order chi connectivity index (χ0) is 10.5. The minimum Gasteiger partial charge on any atom is -0.388 e. The van der Waals surface area contributed by atoms with Gasteiger partial charge in [-0.15, -0.1) is 0 Å². The van der Waals surface area contributed by atoms with Gasteiger partial charge in [0.2, 0.25) is 5.91 Å². The van der Waals surface area contributed by atoms with Crippen LogP contribution in [0.1, 0.15) is 33.6 Å². The molecule has 2 atom stereocenters. The summed E-state index contributed by atoms with van der Waals surface area (Å²) < 4.78 is 0. The molecule has 0 radical (unpaired) electrons. The van der Waals surface area contributed by atoms with Gasteiger partial charge in [-0.1, -0.05) is 13.3 Å². The number of carbonyl (C=O) groups is 1. The van der Waals surface area contributed by atoms with Crippen LogP contribution in [0.5, 0.6) is 0 Å². The Morgan fingerprint density at radius 2 is 2.23 bits per heavy atom. The molecule has 0 aromatic carbocycles. The van der Waals surface area contributed by atoms with Crippen molar-refractivity contribution in [3.63, 3.8) is 0 Å². The largest absolute Gasteiger partial charge is 0.388 e. The molecule has 0 saturated heterocycles. The van der Waals surface area contributed by atoms with Gasteiger partial charge in [-0.3, -0.25) is 4.79 Å². The Labute approximate surface area is 79.5 Å². The number of aliphatic hydroxyl groups is 1. The van der Waals surface area contributed by atoms with Crippen LogP contribution in [0.25, 0.3) is 0 Å². The minimum atomic E-state index is -0.820. The van der Waals surface area contributed by atoms with Crippen LogP contribution < -0.4 is 11.1 Å². The lowest BCUT2D eigenvalue weighted by Crippen LogP contribution is -2.45. The van der Waals surface area contributed by atoms with Crippen LogP contribution in [0, 0.1) is 0 Å². The SMILES string of the molecule is CCCC(C)(O)CNC(=O)[C@@H](C)N. The fourth-order valence-corrected chi connectivity index (χ4v) is 1.07. The molecule has 0 heterocycles. The molecule has 0 rings (SSSR count). The Balaban J connectivity index is 3.80. The lowest BCUT2D eigenvalue weighted by molar-refractivity contribution is -0.123. The third kappa shape index (κ3) is 5.60. The zero-order valence-electron chi connectivity index (χ0n) is 8.63. The molecular weight excluding hydrogens is 168 g/mol. The summed E-state index contributed by atoms with van der Waals surface area (Å²) in [5, 5.41) is 12.3. The molecule has 0 aliphatic carbocycles. The topological polar surface area (TPSA) is 75.3 Å². The van der Waals surface area contributed by atoms with Gasteiger partial charge in [0, 0.05) is 6.54 Å². The molecule has 4 nitrogen and oxygen atoms in total. The van der Waals surface area contributed by atoms with Gasteiger partial charge >= 0.3 is 0 Å². The number of hydrogen-bond donors (Lipinski definition) is 3. The van der Waals surface area contributed by atoms with Crippen LogP contribution in [0.3, 0.4) is 0 Å². The van der Waals surface area contributed by atoms with Crippen molar-refractivity contribution in [1.82, 2.24) is 5.32 Å². The summed E-state index contributed by atoms with van der Waals surface area (Å²) in [6, 6.07) is -0.516. The maximum Gasteiger partial charge on any atom is 0.236 e. The number of rotatable bonds is 5. The van der Waals surface area contributed by atoms with E-state index in [1.54, 1.807) is 13.8 Å². The first-order valence-corrected chi connectivity index (χ1v) is 4.64. The van der Waals surface area contributed by atoms with E-state index in [0.29, 0.717) is 6.42 Å². The van der Waals surface area contributed by atoms with Crippen LogP contribution in [0.15, 0.2) is 0 Å². The van der Waals surface area contributed by atoms with Gasteiger partial charge in [0.1, 0.15) is 0 Å². The predicted molar refractivity (Wildman–Crippen MR) is 52.2 cm³/mol. The molecule has 0 aliphatic rings. The highest BCUT2D eigenvalue weighted by atomic mass is 16.3. The third-order valence-electron chi connectivity index (χ3n) is 1.85. The molecule has 0 spiro atoms. The Hall–Kier alpha value is -0.610. The van der Waals surface area contributed by atoms with E-state index in [1.165, 1.54) is 0 Å². The lowest BCUT2D eigenvalue weighted by Gasteiger charge is -2.23. The van der Waals surface area contributed by atoms with Gasteiger partial charge < -0.3 is 16.2 Å². The molecule has 0 aliphatic heterocycles.